The van der Waals surface area contributed by atoms with Crippen LogP contribution in [0, 0.1) is 0 Å². The zero-order valence-corrected chi connectivity index (χ0v) is 30.0. The molecular weight excluding hydrogens is 661 g/mol. The minimum Gasteiger partial charge on any atom is -0.310 e. The predicted molar refractivity (Wildman–Crippen MR) is 227 cm³/mol. The molecule has 0 saturated carbocycles. The summed E-state index contributed by atoms with van der Waals surface area (Å²) >= 11 is 1.87. The van der Waals surface area contributed by atoms with Gasteiger partial charge in [-0.1, -0.05) is 121 Å². The standard InChI is InChI=1S/C50H36N2S/c1-4-14-35(15-5-1)37-17-12-22-41(32-37)51(42-28-30-45-38(33-42)27-26-36-16-10-11-23-44(36)45)43-29-31-46-49(34-43)53-48-25-13-24-47(50(46)48)52(39-18-6-2-7-19-39)40-20-8-3-9-21-40/h1-25,28-34H,26-27H2. The van der Waals surface area contributed by atoms with Crippen LogP contribution in [0.5, 0.6) is 0 Å². The third kappa shape index (κ3) is 5.67. The average molecular weight is 697 g/mol. The highest BCUT2D eigenvalue weighted by atomic mass is 32.1. The first kappa shape index (κ1) is 31.3. The van der Waals surface area contributed by atoms with Crippen LogP contribution in [0.2, 0.25) is 0 Å². The fraction of sp³-hybridized carbons (Fsp3) is 0.0400. The lowest BCUT2D eigenvalue weighted by Crippen LogP contribution is -2.12. The van der Waals surface area contributed by atoms with Crippen molar-refractivity contribution in [3.63, 3.8) is 0 Å². The molecule has 0 atom stereocenters. The maximum absolute atomic E-state index is 2.44. The normalized spacial score (nSPS) is 12.0. The molecule has 0 bridgehead atoms. The van der Waals surface area contributed by atoms with Crippen LogP contribution in [-0.4, -0.2) is 0 Å². The highest BCUT2D eigenvalue weighted by Gasteiger charge is 2.22. The van der Waals surface area contributed by atoms with Crippen LogP contribution in [0.4, 0.5) is 34.1 Å². The fourth-order valence-corrected chi connectivity index (χ4v) is 9.22. The molecule has 10 rings (SSSR count). The van der Waals surface area contributed by atoms with Crippen LogP contribution in [-0.2, 0) is 12.8 Å². The zero-order chi connectivity index (χ0) is 35.1. The Labute approximate surface area is 314 Å². The summed E-state index contributed by atoms with van der Waals surface area (Å²) in [4.78, 5) is 4.83. The van der Waals surface area contributed by atoms with E-state index in [1.165, 1.54) is 64.9 Å². The Morgan fingerprint density at radius 1 is 0.358 bits per heavy atom. The van der Waals surface area contributed by atoms with Gasteiger partial charge >= 0.3 is 0 Å². The Bertz CT molecular complexity index is 2690. The van der Waals surface area contributed by atoms with Crippen LogP contribution < -0.4 is 9.80 Å². The molecule has 0 spiro atoms. The molecule has 0 radical (unpaired) electrons. The average Bonchev–Trinajstić information content (AvgIpc) is 3.61. The number of hydrogen-bond acceptors (Lipinski definition) is 3. The first-order chi connectivity index (χ1) is 26.3. The van der Waals surface area contributed by atoms with Gasteiger partial charge < -0.3 is 9.80 Å². The summed E-state index contributed by atoms with van der Waals surface area (Å²) in [6.07, 6.45) is 2.10. The molecule has 0 unspecified atom stereocenters. The molecule has 53 heavy (non-hydrogen) atoms. The molecule has 252 valence electrons. The minimum atomic E-state index is 1.04. The van der Waals surface area contributed by atoms with E-state index in [1.807, 2.05) is 11.3 Å². The van der Waals surface area contributed by atoms with E-state index in [-0.39, 0.29) is 0 Å². The lowest BCUT2D eigenvalue weighted by molar-refractivity contribution is 0.941. The Morgan fingerprint density at radius 3 is 1.74 bits per heavy atom. The molecule has 0 saturated heterocycles. The van der Waals surface area contributed by atoms with Gasteiger partial charge in [0.2, 0.25) is 0 Å². The number of para-hydroxylation sites is 2. The van der Waals surface area contributed by atoms with Crippen LogP contribution in [0.3, 0.4) is 0 Å². The third-order valence-corrected chi connectivity index (χ3v) is 11.6. The summed E-state index contributed by atoms with van der Waals surface area (Å²) in [6, 6.07) is 70.7. The second-order valence-corrected chi connectivity index (χ2v) is 14.8. The van der Waals surface area contributed by atoms with Gasteiger partial charge in [0, 0.05) is 48.6 Å². The zero-order valence-electron chi connectivity index (χ0n) is 29.2. The first-order valence-electron chi connectivity index (χ1n) is 18.3. The first-order valence-corrected chi connectivity index (χ1v) is 19.1. The molecule has 1 aromatic heterocycles. The second-order valence-electron chi connectivity index (χ2n) is 13.7. The second kappa shape index (κ2) is 13.3. The van der Waals surface area contributed by atoms with Crippen molar-refractivity contribution in [2.75, 3.05) is 9.80 Å². The van der Waals surface area contributed by atoms with Gasteiger partial charge in [0.25, 0.3) is 0 Å². The summed E-state index contributed by atoms with van der Waals surface area (Å²) in [6.45, 7) is 0. The number of rotatable bonds is 7. The Balaban J connectivity index is 1.14. The maximum atomic E-state index is 2.44. The summed E-state index contributed by atoms with van der Waals surface area (Å²) in [5.74, 6) is 0. The molecule has 9 aromatic rings. The van der Waals surface area contributed by atoms with E-state index in [0.29, 0.717) is 0 Å². The number of nitrogens with zero attached hydrogens (tertiary/aromatic N) is 2. The van der Waals surface area contributed by atoms with Gasteiger partial charge in [-0.15, -0.1) is 11.3 Å². The molecule has 0 aliphatic heterocycles. The van der Waals surface area contributed by atoms with Gasteiger partial charge in [0.05, 0.1) is 5.69 Å². The number of fused-ring (bicyclic) bond motifs is 6. The fourth-order valence-electron chi connectivity index (χ4n) is 8.06. The van der Waals surface area contributed by atoms with Crippen molar-refractivity contribution in [3.8, 4) is 22.3 Å². The number of thiophene rings is 1. The van der Waals surface area contributed by atoms with Crippen LogP contribution in [0.25, 0.3) is 42.4 Å². The summed E-state index contributed by atoms with van der Waals surface area (Å²) < 4.78 is 2.54. The van der Waals surface area contributed by atoms with Crippen molar-refractivity contribution < 1.29 is 0 Å². The van der Waals surface area contributed by atoms with Crippen molar-refractivity contribution >= 4 is 65.6 Å². The van der Waals surface area contributed by atoms with Gasteiger partial charge in [-0.2, -0.15) is 0 Å². The summed E-state index contributed by atoms with van der Waals surface area (Å²) in [5, 5.41) is 2.54. The summed E-state index contributed by atoms with van der Waals surface area (Å²) in [5.41, 5.74) is 14.9. The van der Waals surface area contributed by atoms with Gasteiger partial charge in [-0.3, -0.25) is 0 Å². The largest absolute Gasteiger partial charge is 0.310 e. The van der Waals surface area contributed by atoms with Crippen molar-refractivity contribution in [1.82, 2.24) is 0 Å². The van der Waals surface area contributed by atoms with Crippen molar-refractivity contribution in [2.45, 2.75) is 12.8 Å². The Morgan fingerprint density at radius 2 is 0.943 bits per heavy atom. The van der Waals surface area contributed by atoms with E-state index in [9.17, 15) is 0 Å². The highest BCUT2D eigenvalue weighted by molar-refractivity contribution is 7.26. The Hall–Kier alpha value is -6.42. The molecule has 0 amide bonds. The van der Waals surface area contributed by atoms with Gasteiger partial charge in [-0.05, 0) is 119 Å². The van der Waals surface area contributed by atoms with E-state index < -0.39 is 0 Å². The maximum Gasteiger partial charge on any atom is 0.0554 e. The van der Waals surface area contributed by atoms with E-state index in [1.54, 1.807) is 0 Å². The molecule has 1 heterocycles. The molecule has 1 aliphatic rings. The smallest absolute Gasteiger partial charge is 0.0554 e. The topological polar surface area (TPSA) is 6.48 Å². The molecular formula is C50H36N2S. The van der Waals surface area contributed by atoms with E-state index in [4.69, 9.17) is 0 Å². The van der Waals surface area contributed by atoms with E-state index in [0.717, 1.165) is 35.6 Å². The lowest BCUT2D eigenvalue weighted by atomic mass is 9.85. The SMILES string of the molecule is c1ccc(-c2cccc(N(c3ccc4c(c3)CCc3ccccc3-4)c3ccc4c(c3)sc3cccc(N(c5ccccc5)c5ccccc5)c34)c2)cc1. The monoisotopic (exact) mass is 696 g/mol. The third-order valence-electron chi connectivity index (χ3n) is 10.5. The summed E-state index contributed by atoms with van der Waals surface area (Å²) in [7, 11) is 0. The molecule has 0 fully saturated rings. The van der Waals surface area contributed by atoms with Crippen molar-refractivity contribution in [2.24, 2.45) is 0 Å². The highest BCUT2D eigenvalue weighted by Crippen LogP contribution is 2.47. The van der Waals surface area contributed by atoms with Crippen LogP contribution in [0.15, 0.2) is 194 Å². The number of benzene rings is 8. The number of aryl methyl sites for hydroxylation is 2. The predicted octanol–water partition coefficient (Wildman–Crippen LogP) is 14.4. The number of anilines is 6. The lowest BCUT2D eigenvalue weighted by Gasteiger charge is -2.28. The van der Waals surface area contributed by atoms with Crippen molar-refractivity contribution in [3.05, 3.63) is 205 Å². The van der Waals surface area contributed by atoms with E-state index >= 15 is 0 Å². The molecule has 1 aliphatic carbocycles. The molecule has 8 aromatic carbocycles. The quantitative estimate of drug-likeness (QED) is 0.164. The van der Waals surface area contributed by atoms with Crippen molar-refractivity contribution in [1.29, 1.82) is 0 Å². The van der Waals surface area contributed by atoms with Gasteiger partial charge in [-0.25, -0.2) is 0 Å². The number of hydrogen-bond donors (Lipinski definition) is 0. The Kier molecular flexibility index (Phi) is 7.85. The molecule has 0 N–H and O–H groups in total. The van der Waals surface area contributed by atoms with Crippen LogP contribution in [0.1, 0.15) is 11.1 Å². The van der Waals surface area contributed by atoms with Gasteiger partial charge in [0.1, 0.15) is 0 Å². The molecule has 3 heteroatoms. The van der Waals surface area contributed by atoms with Gasteiger partial charge in [0.15, 0.2) is 0 Å². The van der Waals surface area contributed by atoms with Crippen LogP contribution >= 0.6 is 11.3 Å². The molecule has 2 nitrogen and oxygen atoms in total. The minimum absolute atomic E-state index is 1.04. The van der Waals surface area contributed by atoms with E-state index in [2.05, 4.69) is 204 Å².